The molecule has 0 aliphatic rings. The van der Waals surface area contributed by atoms with Crippen LogP contribution in [-0.4, -0.2) is 37.0 Å². The summed E-state index contributed by atoms with van der Waals surface area (Å²) < 4.78 is 0. The van der Waals surface area contributed by atoms with Gasteiger partial charge in [-0.15, -0.1) is 18.2 Å². The zero-order valence-electron chi connectivity index (χ0n) is 8.64. The normalized spacial score (nSPS) is 9.43. The standard InChI is InChI=1S/C10H18N2OS/c1-3-5-12-10(13)9-11-6-8-14-7-4-2/h2,11H,3,5-9H2,1H3,(H,12,13). The smallest absolute Gasteiger partial charge is 0.233 e. The first-order chi connectivity index (χ1) is 6.81. The van der Waals surface area contributed by atoms with Gasteiger partial charge >= 0.3 is 0 Å². The Balaban J connectivity index is 3.11. The minimum Gasteiger partial charge on any atom is -0.355 e. The molecule has 0 fully saturated rings. The Morgan fingerprint density at radius 3 is 2.93 bits per heavy atom. The van der Waals surface area contributed by atoms with E-state index in [1.807, 2.05) is 6.92 Å². The quantitative estimate of drug-likeness (QED) is 0.456. The number of carbonyl (C=O) groups is 1. The fraction of sp³-hybridized carbons (Fsp3) is 0.700. The topological polar surface area (TPSA) is 41.1 Å². The summed E-state index contributed by atoms with van der Waals surface area (Å²) in [4.78, 5) is 11.1. The minimum absolute atomic E-state index is 0.0637. The highest BCUT2D eigenvalue weighted by Gasteiger charge is 1.97. The van der Waals surface area contributed by atoms with E-state index in [9.17, 15) is 4.79 Å². The molecule has 2 N–H and O–H groups in total. The van der Waals surface area contributed by atoms with Crippen molar-refractivity contribution in [3.8, 4) is 12.3 Å². The predicted molar refractivity (Wildman–Crippen MR) is 62.3 cm³/mol. The van der Waals surface area contributed by atoms with Crippen LogP contribution in [0.2, 0.25) is 0 Å². The molecule has 0 saturated heterocycles. The van der Waals surface area contributed by atoms with Gasteiger partial charge in [0.25, 0.3) is 0 Å². The highest BCUT2D eigenvalue weighted by Crippen LogP contribution is 1.94. The molecule has 14 heavy (non-hydrogen) atoms. The van der Waals surface area contributed by atoms with Crippen LogP contribution in [0.5, 0.6) is 0 Å². The first-order valence-corrected chi connectivity index (χ1v) is 5.95. The van der Waals surface area contributed by atoms with Gasteiger partial charge in [-0.3, -0.25) is 4.79 Å². The Labute approximate surface area is 90.4 Å². The monoisotopic (exact) mass is 214 g/mol. The Kier molecular flexibility index (Phi) is 9.93. The minimum atomic E-state index is 0.0637. The predicted octanol–water partition coefficient (Wildman–Crippen LogP) is 0.469. The van der Waals surface area contributed by atoms with Gasteiger partial charge in [0, 0.05) is 18.8 Å². The van der Waals surface area contributed by atoms with Crippen molar-refractivity contribution in [3.05, 3.63) is 0 Å². The molecule has 1 amide bonds. The van der Waals surface area contributed by atoms with E-state index in [1.165, 1.54) is 0 Å². The summed E-state index contributed by atoms with van der Waals surface area (Å²) >= 11 is 1.69. The van der Waals surface area contributed by atoms with Crippen molar-refractivity contribution in [1.29, 1.82) is 0 Å². The number of hydrogen-bond donors (Lipinski definition) is 2. The van der Waals surface area contributed by atoms with Crippen molar-refractivity contribution in [2.45, 2.75) is 13.3 Å². The summed E-state index contributed by atoms with van der Waals surface area (Å²) in [5.41, 5.74) is 0. The molecular weight excluding hydrogens is 196 g/mol. The second-order valence-corrected chi connectivity index (χ2v) is 3.89. The third kappa shape index (κ3) is 9.43. The largest absolute Gasteiger partial charge is 0.355 e. The van der Waals surface area contributed by atoms with Crippen LogP contribution in [-0.2, 0) is 4.79 Å². The Bertz CT molecular complexity index is 189. The molecule has 3 nitrogen and oxygen atoms in total. The second-order valence-electron chi connectivity index (χ2n) is 2.78. The van der Waals surface area contributed by atoms with Gasteiger partial charge in [0.1, 0.15) is 0 Å². The van der Waals surface area contributed by atoms with Gasteiger partial charge in [-0.05, 0) is 6.42 Å². The van der Waals surface area contributed by atoms with Crippen molar-refractivity contribution >= 4 is 17.7 Å². The number of hydrogen-bond acceptors (Lipinski definition) is 3. The molecule has 4 heteroatoms. The number of rotatable bonds is 8. The van der Waals surface area contributed by atoms with E-state index in [1.54, 1.807) is 11.8 Å². The van der Waals surface area contributed by atoms with E-state index in [4.69, 9.17) is 6.42 Å². The molecule has 0 aliphatic carbocycles. The van der Waals surface area contributed by atoms with Crippen LogP contribution in [0, 0.1) is 12.3 Å². The summed E-state index contributed by atoms with van der Waals surface area (Å²) in [5.74, 6) is 4.30. The molecule has 0 rings (SSSR count). The molecule has 80 valence electrons. The van der Waals surface area contributed by atoms with Gasteiger partial charge in [0.05, 0.1) is 12.3 Å². The third-order valence-corrected chi connectivity index (χ3v) is 2.33. The van der Waals surface area contributed by atoms with Crippen LogP contribution < -0.4 is 10.6 Å². The molecule has 0 spiro atoms. The van der Waals surface area contributed by atoms with E-state index < -0.39 is 0 Å². The molecule has 0 unspecified atom stereocenters. The molecule has 0 saturated carbocycles. The van der Waals surface area contributed by atoms with Crippen LogP contribution in [0.1, 0.15) is 13.3 Å². The molecule has 0 bridgehead atoms. The SMILES string of the molecule is C#CCSCCNCC(=O)NCCC. The zero-order chi connectivity index (χ0) is 10.6. The highest BCUT2D eigenvalue weighted by atomic mass is 32.2. The Morgan fingerprint density at radius 1 is 1.50 bits per heavy atom. The van der Waals surface area contributed by atoms with E-state index >= 15 is 0 Å². The lowest BCUT2D eigenvalue weighted by Crippen LogP contribution is -2.35. The lowest BCUT2D eigenvalue weighted by Gasteiger charge is -2.04. The molecule has 0 aromatic carbocycles. The first-order valence-electron chi connectivity index (χ1n) is 4.80. The third-order valence-electron chi connectivity index (χ3n) is 1.47. The van der Waals surface area contributed by atoms with Crippen LogP contribution >= 0.6 is 11.8 Å². The van der Waals surface area contributed by atoms with Crippen LogP contribution in [0.4, 0.5) is 0 Å². The average molecular weight is 214 g/mol. The fourth-order valence-electron chi connectivity index (χ4n) is 0.804. The summed E-state index contributed by atoms with van der Waals surface area (Å²) in [6, 6.07) is 0. The highest BCUT2D eigenvalue weighted by molar-refractivity contribution is 7.99. The molecule has 0 aliphatic heterocycles. The van der Waals surface area contributed by atoms with E-state index in [2.05, 4.69) is 16.6 Å². The number of thioether (sulfide) groups is 1. The maximum Gasteiger partial charge on any atom is 0.233 e. The molecule has 0 aromatic rings. The number of nitrogens with one attached hydrogen (secondary N) is 2. The van der Waals surface area contributed by atoms with Gasteiger partial charge in [-0.1, -0.05) is 12.8 Å². The van der Waals surface area contributed by atoms with Crippen LogP contribution in [0.15, 0.2) is 0 Å². The van der Waals surface area contributed by atoms with Crippen LogP contribution in [0.25, 0.3) is 0 Å². The number of carbonyl (C=O) groups excluding carboxylic acids is 1. The van der Waals surface area contributed by atoms with Crippen molar-refractivity contribution < 1.29 is 4.79 Å². The fourth-order valence-corrected chi connectivity index (χ4v) is 1.36. The summed E-state index contributed by atoms with van der Waals surface area (Å²) in [6.07, 6.45) is 6.07. The van der Waals surface area contributed by atoms with Crippen LogP contribution in [0.3, 0.4) is 0 Å². The number of amides is 1. The lowest BCUT2D eigenvalue weighted by molar-refractivity contribution is -0.120. The molecule has 0 radical (unpaired) electrons. The van der Waals surface area contributed by atoms with Gasteiger partial charge in [-0.25, -0.2) is 0 Å². The van der Waals surface area contributed by atoms with Gasteiger partial charge in [0.2, 0.25) is 5.91 Å². The van der Waals surface area contributed by atoms with Crippen molar-refractivity contribution in [2.24, 2.45) is 0 Å². The van der Waals surface area contributed by atoms with Crippen molar-refractivity contribution in [1.82, 2.24) is 10.6 Å². The summed E-state index contributed by atoms with van der Waals surface area (Å²) in [7, 11) is 0. The second kappa shape index (κ2) is 10.4. The van der Waals surface area contributed by atoms with E-state index in [0.717, 1.165) is 31.0 Å². The molecule has 0 atom stereocenters. The summed E-state index contributed by atoms with van der Waals surface area (Å²) in [5, 5.41) is 5.85. The van der Waals surface area contributed by atoms with E-state index in [0.29, 0.717) is 6.54 Å². The maximum atomic E-state index is 11.1. The number of terminal acetylenes is 1. The lowest BCUT2D eigenvalue weighted by atomic mass is 10.4. The molecule has 0 aromatic heterocycles. The van der Waals surface area contributed by atoms with Gasteiger partial charge in [0.15, 0.2) is 0 Å². The Hall–Kier alpha value is -0.660. The Morgan fingerprint density at radius 2 is 2.29 bits per heavy atom. The molecule has 0 heterocycles. The van der Waals surface area contributed by atoms with E-state index in [-0.39, 0.29) is 5.91 Å². The van der Waals surface area contributed by atoms with Gasteiger partial charge < -0.3 is 10.6 Å². The first kappa shape index (κ1) is 13.3. The summed E-state index contributed by atoms with van der Waals surface area (Å²) in [6.45, 7) is 4.01. The molecular formula is C10H18N2OS. The van der Waals surface area contributed by atoms with Crippen molar-refractivity contribution in [3.63, 3.8) is 0 Å². The maximum absolute atomic E-state index is 11.1. The van der Waals surface area contributed by atoms with Gasteiger partial charge in [-0.2, -0.15) is 0 Å². The van der Waals surface area contributed by atoms with Crippen molar-refractivity contribution in [2.75, 3.05) is 31.1 Å². The average Bonchev–Trinajstić information content (AvgIpc) is 2.20. The zero-order valence-corrected chi connectivity index (χ0v) is 9.45.